The molecule has 0 saturated heterocycles. The van der Waals surface area contributed by atoms with Crippen molar-refractivity contribution in [1.29, 1.82) is 0 Å². The van der Waals surface area contributed by atoms with Crippen LogP contribution in [0.1, 0.15) is 45.4 Å². The maximum atomic E-state index is 5.91. The Morgan fingerprint density at radius 3 is 2.43 bits per heavy atom. The predicted molar refractivity (Wildman–Crippen MR) is 60.2 cm³/mol. The van der Waals surface area contributed by atoms with E-state index in [1.807, 2.05) is 0 Å². The fraction of sp³-hybridized carbons (Fsp3) is 1.00. The van der Waals surface area contributed by atoms with Gasteiger partial charge in [-0.25, -0.2) is 0 Å². The molecule has 2 fully saturated rings. The second-order valence-electron chi connectivity index (χ2n) is 4.96. The van der Waals surface area contributed by atoms with Crippen LogP contribution in [0, 0.1) is 5.92 Å². The summed E-state index contributed by atoms with van der Waals surface area (Å²) in [7, 11) is 0. The van der Waals surface area contributed by atoms with E-state index in [0.717, 1.165) is 18.5 Å². The van der Waals surface area contributed by atoms with Gasteiger partial charge in [0.1, 0.15) is 0 Å². The molecular formula is C12H24N2. The Balaban J connectivity index is 1.85. The minimum atomic E-state index is 0.717. The monoisotopic (exact) mass is 196 g/mol. The zero-order valence-electron chi connectivity index (χ0n) is 9.41. The molecule has 2 rings (SSSR count). The number of hydrogen-bond donors (Lipinski definition) is 1. The molecule has 2 saturated carbocycles. The van der Waals surface area contributed by atoms with Gasteiger partial charge in [0.25, 0.3) is 0 Å². The molecule has 0 aromatic carbocycles. The van der Waals surface area contributed by atoms with Crippen molar-refractivity contribution in [2.45, 2.75) is 57.5 Å². The Labute approximate surface area is 87.8 Å². The normalized spacial score (nSPS) is 24.2. The summed E-state index contributed by atoms with van der Waals surface area (Å²) in [6.45, 7) is 4.45. The molecule has 0 aromatic heterocycles. The third-order valence-corrected chi connectivity index (χ3v) is 3.62. The van der Waals surface area contributed by atoms with Gasteiger partial charge in [-0.2, -0.15) is 0 Å². The van der Waals surface area contributed by atoms with Gasteiger partial charge in [-0.3, -0.25) is 4.90 Å². The molecule has 0 amide bonds. The molecule has 0 bridgehead atoms. The molecule has 82 valence electrons. The third-order valence-electron chi connectivity index (χ3n) is 3.62. The molecule has 1 atom stereocenters. The number of unbranched alkanes of at least 4 members (excludes halogenated alkanes) is 1. The highest BCUT2D eigenvalue weighted by atomic mass is 15.2. The molecule has 2 heteroatoms. The molecule has 0 spiro atoms. The van der Waals surface area contributed by atoms with Crippen molar-refractivity contribution in [1.82, 2.24) is 4.90 Å². The lowest BCUT2D eigenvalue weighted by atomic mass is 10.1. The lowest BCUT2D eigenvalue weighted by Gasteiger charge is -2.31. The molecule has 0 aromatic rings. The van der Waals surface area contributed by atoms with Gasteiger partial charge in [0.2, 0.25) is 0 Å². The molecule has 0 radical (unpaired) electrons. The molecule has 2 aliphatic rings. The largest absolute Gasteiger partial charge is 0.329 e. The molecule has 2 aliphatic carbocycles. The Hall–Kier alpha value is -0.0800. The van der Waals surface area contributed by atoms with E-state index in [1.165, 1.54) is 45.1 Å². The maximum absolute atomic E-state index is 5.91. The van der Waals surface area contributed by atoms with E-state index in [-0.39, 0.29) is 0 Å². The van der Waals surface area contributed by atoms with Crippen LogP contribution in [0.2, 0.25) is 0 Å². The minimum Gasteiger partial charge on any atom is -0.329 e. The average molecular weight is 196 g/mol. The van der Waals surface area contributed by atoms with E-state index >= 15 is 0 Å². The van der Waals surface area contributed by atoms with Crippen molar-refractivity contribution >= 4 is 0 Å². The summed E-state index contributed by atoms with van der Waals surface area (Å²) >= 11 is 0. The van der Waals surface area contributed by atoms with Crippen LogP contribution in [0.15, 0.2) is 0 Å². The topological polar surface area (TPSA) is 29.3 Å². The van der Waals surface area contributed by atoms with Crippen molar-refractivity contribution in [2.75, 3.05) is 13.1 Å². The van der Waals surface area contributed by atoms with Crippen LogP contribution < -0.4 is 5.73 Å². The van der Waals surface area contributed by atoms with Gasteiger partial charge in [0, 0.05) is 18.6 Å². The number of rotatable bonds is 7. The van der Waals surface area contributed by atoms with Crippen molar-refractivity contribution in [3.05, 3.63) is 0 Å². The summed E-state index contributed by atoms with van der Waals surface area (Å²) in [5.41, 5.74) is 5.91. The molecular weight excluding hydrogens is 172 g/mol. The third kappa shape index (κ3) is 2.48. The van der Waals surface area contributed by atoms with Gasteiger partial charge in [-0.1, -0.05) is 13.3 Å². The molecule has 0 aliphatic heterocycles. The predicted octanol–water partition coefficient (Wildman–Crippen LogP) is 1.99. The highest BCUT2D eigenvalue weighted by molar-refractivity contribution is 4.95. The average Bonchev–Trinajstić information content (AvgIpc) is 3.04. The van der Waals surface area contributed by atoms with Gasteiger partial charge in [0.15, 0.2) is 0 Å². The zero-order valence-corrected chi connectivity index (χ0v) is 9.41. The minimum absolute atomic E-state index is 0.717. The first kappa shape index (κ1) is 10.4. The smallest absolute Gasteiger partial charge is 0.0249 e. The molecule has 2 nitrogen and oxygen atoms in total. The summed E-state index contributed by atoms with van der Waals surface area (Å²) in [5.74, 6) is 0.942. The summed E-state index contributed by atoms with van der Waals surface area (Å²) in [6, 6.07) is 1.62. The van der Waals surface area contributed by atoms with E-state index in [1.54, 1.807) is 0 Å². The lowest BCUT2D eigenvalue weighted by molar-refractivity contribution is 0.168. The van der Waals surface area contributed by atoms with E-state index in [4.69, 9.17) is 5.73 Å². The van der Waals surface area contributed by atoms with Crippen LogP contribution in [-0.2, 0) is 0 Å². The number of nitrogens with two attached hydrogens (primary N) is 1. The van der Waals surface area contributed by atoms with E-state index in [2.05, 4.69) is 11.8 Å². The Morgan fingerprint density at radius 2 is 2.00 bits per heavy atom. The van der Waals surface area contributed by atoms with Gasteiger partial charge >= 0.3 is 0 Å². The second-order valence-corrected chi connectivity index (χ2v) is 4.96. The fourth-order valence-corrected chi connectivity index (χ4v) is 2.45. The summed E-state index contributed by atoms with van der Waals surface area (Å²) in [5, 5.41) is 0. The van der Waals surface area contributed by atoms with Gasteiger partial charge in [-0.15, -0.1) is 0 Å². The highest BCUT2D eigenvalue weighted by Gasteiger charge is 2.40. The van der Waals surface area contributed by atoms with Crippen LogP contribution in [0.25, 0.3) is 0 Å². The summed E-state index contributed by atoms with van der Waals surface area (Å²) < 4.78 is 0. The van der Waals surface area contributed by atoms with Crippen LogP contribution >= 0.6 is 0 Å². The van der Waals surface area contributed by atoms with Gasteiger partial charge < -0.3 is 5.73 Å². The summed E-state index contributed by atoms with van der Waals surface area (Å²) in [6.07, 6.45) is 8.36. The van der Waals surface area contributed by atoms with Crippen LogP contribution in [-0.4, -0.2) is 30.1 Å². The first-order valence-corrected chi connectivity index (χ1v) is 6.32. The maximum Gasteiger partial charge on any atom is 0.0249 e. The first-order valence-electron chi connectivity index (χ1n) is 6.32. The molecule has 0 heterocycles. The number of hydrogen-bond acceptors (Lipinski definition) is 2. The second kappa shape index (κ2) is 4.63. The SMILES string of the molecule is CCCCN(C1CC1)C(CN)C1CC1. The lowest BCUT2D eigenvalue weighted by Crippen LogP contribution is -2.44. The fourth-order valence-electron chi connectivity index (χ4n) is 2.45. The van der Waals surface area contributed by atoms with Crippen LogP contribution in [0.5, 0.6) is 0 Å². The van der Waals surface area contributed by atoms with Gasteiger partial charge in [-0.05, 0) is 44.6 Å². The van der Waals surface area contributed by atoms with Crippen molar-refractivity contribution in [3.8, 4) is 0 Å². The van der Waals surface area contributed by atoms with Crippen molar-refractivity contribution in [2.24, 2.45) is 11.7 Å². The van der Waals surface area contributed by atoms with E-state index < -0.39 is 0 Å². The van der Waals surface area contributed by atoms with E-state index in [0.29, 0.717) is 6.04 Å². The van der Waals surface area contributed by atoms with Crippen LogP contribution in [0.4, 0.5) is 0 Å². The van der Waals surface area contributed by atoms with E-state index in [9.17, 15) is 0 Å². The van der Waals surface area contributed by atoms with Crippen LogP contribution in [0.3, 0.4) is 0 Å². The zero-order chi connectivity index (χ0) is 9.97. The number of nitrogens with zero attached hydrogens (tertiary/aromatic N) is 1. The van der Waals surface area contributed by atoms with Crippen molar-refractivity contribution < 1.29 is 0 Å². The Morgan fingerprint density at radius 1 is 1.29 bits per heavy atom. The molecule has 14 heavy (non-hydrogen) atoms. The Bertz CT molecular complexity index is 173. The summed E-state index contributed by atoms with van der Waals surface area (Å²) in [4.78, 5) is 2.72. The standard InChI is InChI=1S/C12H24N2/c1-2-3-8-14(11-6-7-11)12(9-13)10-4-5-10/h10-12H,2-9,13H2,1H3. The molecule has 1 unspecified atom stereocenters. The van der Waals surface area contributed by atoms with Crippen molar-refractivity contribution in [3.63, 3.8) is 0 Å². The highest BCUT2D eigenvalue weighted by Crippen LogP contribution is 2.39. The Kier molecular flexibility index (Phi) is 3.45. The first-order chi connectivity index (χ1) is 6.86. The molecule has 2 N–H and O–H groups in total. The quantitative estimate of drug-likeness (QED) is 0.674. The van der Waals surface area contributed by atoms with Gasteiger partial charge in [0.05, 0.1) is 0 Å².